The van der Waals surface area contributed by atoms with E-state index in [1.165, 1.54) is 5.56 Å². The van der Waals surface area contributed by atoms with E-state index in [9.17, 15) is 9.90 Å². The number of benzene rings is 3. The molecule has 0 amide bonds. The molecule has 2 aromatic heterocycles. The third-order valence-corrected chi connectivity index (χ3v) is 6.09. The van der Waals surface area contributed by atoms with Crippen molar-refractivity contribution in [2.75, 3.05) is 0 Å². The van der Waals surface area contributed by atoms with Gasteiger partial charge in [0, 0.05) is 23.6 Å². The van der Waals surface area contributed by atoms with Gasteiger partial charge in [-0.15, -0.1) is 0 Å². The van der Waals surface area contributed by atoms with Gasteiger partial charge in [0.2, 0.25) is 0 Å². The van der Waals surface area contributed by atoms with Crippen molar-refractivity contribution in [3.63, 3.8) is 0 Å². The van der Waals surface area contributed by atoms with Crippen molar-refractivity contribution in [3.05, 3.63) is 114 Å². The van der Waals surface area contributed by atoms with Crippen molar-refractivity contribution in [2.24, 2.45) is 0 Å². The van der Waals surface area contributed by atoms with E-state index in [1.54, 1.807) is 6.20 Å². The Kier molecular flexibility index (Phi) is 5.68. The number of carboxylic acids is 1. The molecule has 0 saturated heterocycles. The first-order valence-electron chi connectivity index (χ1n) is 11.3. The zero-order valence-electron chi connectivity index (χ0n) is 19.1. The summed E-state index contributed by atoms with van der Waals surface area (Å²) in [5, 5.41) is 15.9. The number of hydrogen-bond donors (Lipinski definition) is 1. The molecule has 1 unspecified atom stereocenters. The molecule has 3 aromatic carbocycles. The molecule has 0 radical (unpaired) electrons. The Bertz CT molecular complexity index is 1490. The number of fused-ring (bicyclic) bond motifs is 1. The first kappa shape index (κ1) is 21.6. The standard InChI is InChI=1S/C29H25N3O2/c1-19-8-11-25(12-9-19)32-28(23-10-13-27-22(16-23)7-4-14-30-27)18-24(31-32)17-26(29(33)34)21-6-3-5-20(2)15-21/h3-16,18,26H,17H2,1-2H3,(H,33,34). The van der Waals surface area contributed by atoms with E-state index in [4.69, 9.17) is 5.10 Å². The second-order valence-corrected chi connectivity index (χ2v) is 8.69. The molecule has 5 nitrogen and oxygen atoms in total. The quantitative estimate of drug-likeness (QED) is 0.341. The van der Waals surface area contributed by atoms with E-state index in [0.717, 1.165) is 44.7 Å². The number of nitrogens with zero attached hydrogens (tertiary/aromatic N) is 3. The lowest BCUT2D eigenvalue weighted by Gasteiger charge is -2.12. The zero-order valence-corrected chi connectivity index (χ0v) is 19.1. The number of rotatable bonds is 6. The Hall–Kier alpha value is -4.25. The van der Waals surface area contributed by atoms with Gasteiger partial charge in [-0.2, -0.15) is 5.10 Å². The Morgan fingerprint density at radius 3 is 2.50 bits per heavy atom. The van der Waals surface area contributed by atoms with E-state index < -0.39 is 11.9 Å². The van der Waals surface area contributed by atoms with Crippen LogP contribution in [0.3, 0.4) is 0 Å². The van der Waals surface area contributed by atoms with Gasteiger partial charge in [-0.05, 0) is 55.8 Å². The highest BCUT2D eigenvalue weighted by atomic mass is 16.4. The summed E-state index contributed by atoms with van der Waals surface area (Å²) in [6, 6.07) is 28.0. The minimum Gasteiger partial charge on any atom is -0.481 e. The maximum Gasteiger partial charge on any atom is 0.311 e. The summed E-state index contributed by atoms with van der Waals surface area (Å²) in [5.41, 5.74) is 7.50. The number of hydrogen-bond acceptors (Lipinski definition) is 3. The first-order valence-corrected chi connectivity index (χ1v) is 11.3. The fourth-order valence-electron chi connectivity index (χ4n) is 4.30. The summed E-state index contributed by atoms with van der Waals surface area (Å²) in [6.07, 6.45) is 2.09. The van der Waals surface area contributed by atoms with Crippen LogP contribution in [0, 0.1) is 13.8 Å². The lowest BCUT2D eigenvalue weighted by Crippen LogP contribution is -2.15. The molecule has 0 fully saturated rings. The van der Waals surface area contributed by atoms with Gasteiger partial charge in [-0.1, -0.05) is 59.7 Å². The minimum absolute atomic E-state index is 0.305. The average molecular weight is 448 g/mol. The summed E-state index contributed by atoms with van der Waals surface area (Å²) in [7, 11) is 0. The molecule has 5 heteroatoms. The molecular formula is C29H25N3O2. The van der Waals surface area contributed by atoms with Crippen LogP contribution < -0.4 is 0 Å². The second-order valence-electron chi connectivity index (χ2n) is 8.69. The molecule has 5 aromatic rings. The van der Waals surface area contributed by atoms with Crippen molar-refractivity contribution >= 4 is 16.9 Å². The van der Waals surface area contributed by atoms with Gasteiger partial charge in [0.15, 0.2) is 0 Å². The Morgan fingerprint density at radius 1 is 0.912 bits per heavy atom. The molecule has 0 aliphatic carbocycles. The summed E-state index contributed by atoms with van der Waals surface area (Å²) in [6.45, 7) is 4.02. The molecule has 0 aliphatic rings. The molecule has 168 valence electrons. The zero-order chi connectivity index (χ0) is 23.7. The van der Waals surface area contributed by atoms with Crippen molar-refractivity contribution in [2.45, 2.75) is 26.2 Å². The Labute approximate surface area is 198 Å². The summed E-state index contributed by atoms with van der Waals surface area (Å²) < 4.78 is 1.90. The largest absolute Gasteiger partial charge is 0.481 e. The fourth-order valence-corrected chi connectivity index (χ4v) is 4.30. The molecule has 0 aliphatic heterocycles. The van der Waals surface area contributed by atoms with Crippen LogP contribution in [0.15, 0.2) is 91.1 Å². The molecular weight excluding hydrogens is 422 g/mol. The normalized spacial score (nSPS) is 12.1. The van der Waals surface area contributed by atoms with Gasteiger partial charge in [0.1, 0.15) is 0 Å². The smallest absolute Gasteiger partial charge is 0.311 e. The van der Waals surface area contributed by atoms with Gasteiger partial charge in [-0.25, -0.2) is 4.68 Å². The third-order valence-electron chi connectivity index (χ3n) is 6.09. The van der Waals surface area contributed by atoms with E-state index in [0.29, 0.717) is 6.42 Å². The molecule has 0 bridgehead atoms. The van der Waals surface area contributed by atoms with E-state index in [1.807, 2.05) is 78.3 Å². The maximum absolute atomic E-state index is 12.2. The van der Waals surface area contributed by atoms with Crippen LogP contribution in [-0.2, 0) is 11.2 Å². The monoisotopic (exact) mass is 447 g/mol. The predicted octanol–water partition coefficient (Wildman–Crippen LogP) is 6.12. The number of aromatic nitrogens is 3. The van der Waals surface area contributed by atoms with Crippen molar-refractivity contribution in [1.29, 1.82) is 0 Å². The predicted molar refractivity (Wildman–Crippen MR) is 134 cm³/mol. The number of aryl methyl sites for hydroxylation is 2. The molecule has 1 N–H and O–H groups in total. The summed E-state index contributed by atoms with van der Waals surface area (Å²) >= 11 is 0. The molecule has 2 heterocycles. The van der Waals surface area contributed by atoms with Crippen LogP contribution in [0.1, 0.15) is 28.3 Å². The lowest BCUT2D eigenvalue weighted by atomic mass is 9.93. The van der Waals surface area contributed by atoms with Gasteiger partial charge in [0.25, 0.3) is 0 Å². The average Bonchev–Trinajstić information content (AvgIpc) is 3.26. The summed E-state index contributed by atoms with van der Waals surface area (Å²) in [5.74, 6) is -1.52. The fraction of sp³-hybridized carbons (Fsp3) is 0.138. The van der Waals surface area contributed by atoms with Gasteiger partial charge in [-0.3, -0.25) is 9.78 Å². The van der Waals surface area contributed by atoms with Crippen LogP contribution in [0.25, 0.3) is 27.8 Å². The van der Waals surface area contributed by atoms with Gasteiger partial charge >= 0.3 is 5.97 Å². The SMILES string of the molecule is Cc1ccc(-n2nc(CC(C(=O)O)c3cccc(C)c3)cc2-c2ccc3ncccc3c2)cc1. The van der Waals surface area contributed by atoms with Crippen LogP contribution in [0.4, 0.5) is 0 Å². The molecule has 1 atom stereocenters. The highest BCUT2D eigenvalue weighted by molar-refractivity contribution is 5.84. The molecule has 5 rings (SSSR count). The van der Waals surface area contributed by atoms with E-state index >= 15 is 0 Å². The van der Waals surface area contributed by atoms with Crippen LogP contribution >= 0.6 is 0 Å². The van der Waals surface area contributed by atoms with Crippen molar-refractivity contribution in [1.82, 2.24) is 14.8 Å². The van der Waals surface area contributed by atoms with Crippen LogP contribution in [-0.4, -0.2) is 25.8 Å². The van der Waals surface area contributed by atoms with Gasteiger partial charge in [0.05, 0.1) is 28.5 Å². The number of carboxylic acid groups (broad SMARTS) is 1. The maximum atomic E-state index is 12.2. The van der Waals surface area contributed by atoms with E-state index in [-0.39, 0.29) is 0 Å². The molecule has 34 heavy (non-hydrogen) atoms. The van der Waals surface area contributed by atoms with Crippen LogP contribution in [0.5, 0.6) is 0 Å². The highest BCUT2D eigenvalue weighted by Gasteiger charge is 2.23. The van der Waals surface area contributed by atoms with Crippen molar-refractivity contribution in [3.8, 4) is 16.9 Å². The molecule has 0 spiro atoms. The molecule has 0 saturated carbocycles. The summed E-state index contributed by atoms with van der Waals surface area (Å²) in [4.78, 5) is 16.6. The third kappa shape index (κ3) is 4.33. The first-order chi connectivity index (χ1) is 16.5. The van der Waals surface area contributed by atoms with Crippen LogP contribution in [0.2, 0.25) is 0 Å². The number of carbonyl (C=O) groups is 1. The van der Waals surface area contributed by atoms with Crippen molar-refractivity contribution < 1.29 is 9.90 Å². The number of pyridine rings is 1. The van der Waals surface area contributed by atoms with E-state index in [2.05, 4.69) is 30.1 Å². The number of aliphatic carboxylic acids is 1. The lowest BCUT2D eigenvalue weighted by molar-refractivity contribution is -0.138. The minimum atomic E-state index is -0.853. The highest BCUT2D eigenvalue weighted by Crippen LogP contribution is 2.29. The van der Waals surface area contributed by atoms with Gasteiger partial charge < -0.3 is 5.11 Å². The topological polar surface area (TPSA) is 68.0 Å². The Balaban J connectivity index is 1.61. The Morgan fingerprint density at radius 2 is 1.74 bits per heavy atom. The second kappa shape index (κ2) is 8.94.